The highest BCUT2D eigenvalue weighted by Gasteiger charge is 2.23. The second kappa shape index (κ2) is 8.31. The second-order valence-corrected chi connectivity index (χ2v) is 7.14. The average Bonchev–Trinajstić information content (AvgIpc) is 3.17. The minimum Gasteiger partial charge on any atom is -0.441 e. The first kappa shape index (κ1) is 18.9. The highest BCUT2D eigenvalue weighted by Crippen LogP contribution is 2.24. The van der Waals surface area contributed by atoms with Gasteiger partial charge in [0.05, 0.1) is 11.3 Å². The predicted octanol–water partition coefficient (Wildman–Crippen LogP) is 4.53. The van der Waals surface area contributed by atoms with Crippen LogP contribution >= 0.6 is 0 Å². The molecular formula is C23H23N3O3. The van der Waals surface area contributed by atoms with Gasteiger partial charge in [0, 0.05) is 18.7 Å². The molecule has 3 aromatic rings. The second-order valence-electron chi connectivity index (χ2n) is 7.14. The number of carbonyl (C=O) groups is 2. The van der Waals surface area contributed by atoms with Crippen LogP contribution in [-0.2, 0) is 0 Å². The molecule has 148 valence electrons. The summed E-state index contributed by atoms with van der Waals surface area (Å²) < 4.78 is 5.69. The summed E-state index contributed by atoms with van der Waals surface area (Å²) in [7, 11) is 0. The Balaban J connectivity index is 1.56. The molecule has 0 aliphatic carbocycles. The molecule has 0 radical (unpaired) electrons. The Bertz CT molecular complexity index is 1020. The summed E-state index contributed by atoms with van der Waals surface area (Å²) in [6.07, 6.45) is 3.18. The van der Waals surface area contributed by atoms with Crippen LogP contribution in [0, 0.1) is 6.92 Å². The number of anilines is 1. The highest BCUT2D eigenvalue weighted by molar-refractivity contribution is 6.08. The molecular weight excluding hydrogens is 366 g/mol. The lowest BCUT2D eigenvalue weighted by atomic mass is 10.1. The average molecular weight is 389 g/mol. The Labute approximate surface area is 169 Å². The summed E-state index contributed by atoms with van der Waals surface area (Å²) >= 11 is 0. The number of hydrogen-bond donors (Lipinski definition) is 1. The molecule has 1 saturated heterocycles. The topological polar surface area (TPSA) is 75.4 Å². The molecule has 29 heavy (non-hydrogen) atoms. The number of para-hydroxylation sites is 1. The maximum absolute atomic E-state index is 12.9. The number of nitrogens with one attached hydrogen (secondary N) is 1. The van der Waals surface area contributed by atoms with E-state index in [1.54, 1.807) is 25.1 Å². The molecule has 1 N–H and O–H groups in total. The molecule has 0 atom stereocenters. The van der Waals surface area contributed by atoms with Crippen molar-refractivity contribution in [2.24, 2.45) is 0 Å². The monoisotopic (exact) mass is 389 g/mol. The van der Waals surface area contributed by atoms with Crippen LogP contribution in [0.5, 0.6) is 0 Å². The van der Waals surface area contributed by atoms with Crippen LogP contribution in [-0.4, -0.2) is 34.8 Å². The van der Waals surface area contributed by atoms with Crippen molar-refractivity contribution in [3.8, 4) is 11.5 Å². The van der Waals surface area contributed by atoms with Gasteiger partial charge in [-0.3, -0.25) is 9.59 Å². The lowest BCUT2D eigenvalue weighted by Gasteiger charge is -2.27. The number of aromatic nitrogens is 1. The highest BCUT2D eigenvalue weighted by atomic mass is 16.4. The fourth-order valence-corrected chi connectivity index (χ4v) is 3.54. The van der Waals surface area contributed by atoms with Crippen LogP contribution in [0.3, 0.4) is 0 Å². The molecule has 0 unspecified atom stereocenters. The summed E-state index contributed by atoms with van der Waals surface area (Å²) in [5.74, 6) is 0.377. The van der Waals surface area contributed by atoms with Crippen molar-refractivity contribution in [3.05, 3.63) is 71.6 Å². The van der Waals surface area contributed by atoms with Crippen LogP contribution in [0.1, 0.15) is 45.9 Å². The first-order valence-corrected chi connectivity index (χ1v) is 9.86. The van der Waals surface area contributed by atoms with E-state index in [9.17, 15) is 9.59 Å². The van der Waals surface area contributed by atoms with E-state index in [1.807, 2.05) is 41.3 Å². The van der Waals surface area contributed by atoms with Crippen LogP contribution in [0.4, 0.5) is 5.69 Å². The number of rotatable bonds is 4. The smallest absolute Gasteiger partial charge is 0.277 e. The van der Waals surface area contributed by atoms with E-state index in [2.05, 4.69) is 10.3 Å². The summed E-state index contributed by atoms with van der Waals surface area (Å²) in [6, 6.07) is 16.5. The summed E-state index contributed by atoms with van der Waals surface area (Å²) in [6.45, 7) is 3.22. The minimum absolute atomic E-state index is 0.0533. The number of carbonyl (C=O) groups excluding carboxylic acids is 2. The van der Waals surface area contributed by atoms with E-state index >= 15 is 0 Å². The molecule has 6 heteroatoms. The van der Waals surface area contributed by atoms with Crippen LogP contribution < -0.4 is 5.32 Å². The number of benzene rings is 2. The standard InChI is InChI=1S/C23H23N3O3/c1-16-20(25-22(29-16)17-10-4-2-5-11-17)21(27)24-19-13-7-6-12-18(19)23(28)26-14-8-3-9-15-26/h2,4-7,10-13H,3,8-9,14-15H2,1H3,(H,24,27). The Kier molecular flexibility index (Phi) is 5.42. The third-order valence-corrected chi connectivity index (χ3v) is 5.08. The van der Waals surface area contributed by atoms with Gasteiger partial charge in [0.25, 0.3) is 11.8 Å². The third kappa shape index (κ3) is 4.06. The third-order valence-electron chi connectivity index (χ3n) is 5.08. The minimum atomic E-state index is -0.396. The van der Waals surface area contributed by atoms with Gasteiger partial charge in [-0.2, -0.15) is 0 Å². The molecule has 0 bridgehead atoms. The number of likely N-dealkylation sites (tertiary alicyclic amines) is 1. The van der Waals surface area contributed by atoms with E-state index < -0.39 is 5.91 Å². The molecule has 6 nitrogen and oxygen atoms in total. The fourth-order valence-electron chi connectivity index (χ4n) is 3.54. The van der Waals surface area contributed by atoms with Crippen molar-refractivity contribution in [1.82, 2.24) is 9.88 Å². The van der Waals surface area contributed by atoms with Gasteiger partial charge in [-0.15, -0.1) is 0 Å². The molecule has 4 rings (SSSR count). The van der Waals surface area contributed by atoms with Gasteiger partial charge in [-0.1, -0.05) is 30.3 Å². The van der Waals surface area contributed by atoms with Crippen molar-refractivity contribution >= 4 is 17.5 Å². The molecule has 0 spiro atoms. The summed E-state index contributed by atoms with van der Waals surface area (Å²) in [4.78, 5) is 32.0. The molecule has 1 fully saturated rings. The number of amides is 2. The molecule has 1 aliphatic heterocycles. The van der Waals surface area contributed by atoms with Gasteiger partial charge in [0.2, 0.25) is 5.89 Å². The summed E-state index contributed by atoms with van der Waals surface area (Å²) in [5, 5.41) is 2.84. The van der Waals surface area contributed by atoms with Crippen molar-refractivity contribution in [2.45, 2.75) is 26.2 Å². The van der Waals surface area contributed by atoms with Gasteiger partial charge < -0.3 is 14.6 Å². The predicted molar refractivity (Wildman–Crippen MR) is 111 cm³/mol. The Morgan fingerprint density at radius 2 is 1.66 bits per heavy atom. The van der Waals surface area contributed by atoms with E-state index in [-0.39, 0.29) is 11.6 Å². The number of oxazole rings is 1. The fraction of sp³-hybridized carbons (Fsp3) is 0.261. The normalized spacial score (nSPS) is 13.9. The molecule has 1 aliphatic rings. The molecule has 1 aromatic heterocycles. The first-order chi connectivity index (χ1) is 14.1. The zero-order chi connectivity index (χ0) is 20.2. The first-order valence-electron chi connectivity index (χ1n) is 9.86. The number of aryl methyl sites for hydroxylation is 1. The van der Waals surface area contributed by atoms with Gasteiger partial charge in [0.15, 0.2) is 5.69 Å². The number of hydrogen-bond acceptors (Lipinski definition) is 4. The molecule has 2 aromatic carbocycles. The maximum Gasteiger partial charge on any atom is 0.277 e. The molecule has 0 saturated carbocycles. The van der Waals surface area contributed by atoms with Gasteiger partial charge in [0.1, 0.15) is 5.76 Å². The van der Waals surface area contributed by atoms with E-state index in [0.29, 0.717) is 22.9 Å². The SMILES string of the molecule is Cc1oc(-c2ccccc2)nc1C(=O)Nc1ccccc1C(=O)N1CCCCC1. The van der Waals surface area contributed by atoms with Crippen molar-refractivity contribution in [3.63, 3.8) is 0 Å². The molecule has 2 amide bonds. The zero-order valence-electron chi connectivity index (χ0n) is 16.4. The van der Waals surface area contributed by atoms with E-state index in [4.69, 9.17) is 4.42 Å². The lowest BCUT2D eigenvalue weighted by Crippen LogP contribution is -2.36. The van der Waals surface area contributed by atoms with Gasteiger partial charge >= 0.3 is 0 Å². The van der Waals surface area contributed by atoms with Gasteiger partial charge in [-0.25, -0.2) is 4.98 Å². The van der Waals surface area contributed by atoms with Crippen LogP contribution in [0.2, 0.25) is 0 Å². The van der Waals surface area contributed by atoms with Crippen LogP contribution in [0.25, 0.3) is 11.5 Å². The quantitative estimate of drug-likeness (QED) is 0.711. The van der Waals surface area contributed by atoms with Crippen molar-refractivity contribution in [1.29, 1.82) is 0 Å². The largest absolute Gasteiger partial charge is 0.441 e. The Hall–Kier alpha value is -3.41. The zero-order valence-corrected chi connectivity index (χ0v) is 16.4. The lowest BCUT2D eigenvalue weighted by molar-refractivity contribution is 0.0725. The number of nitrogens with zero attached hydrogens (tertiary/aromatic N) is 2. The van der Waals surface area contributed by atoms with E-state index in [1.165, 1.54) is 0 Å². The van der Waals surface area contributed by atoms with Crippen molar-refractivity contribution < 1.29 is 14.0 Å². The Morgan fingerprint density at radius 3 is 2.41 bits per heavy atom. The van der Waals surface area contributed by atoms with Crippen molar-refractivity contribution in [2.75, 3.05) is 18.4 Å². The van der Waals surface area contributed by atoms with E-state index in [0.717, 1.165) is 37.9 Å². The Morgan fingerprint density at radius 1 is 0.966 bits per heavy atom. The van der Waals surface area contributed by atoms with Crippen LogP contribution in [0.15, 0.2) is 59.0 Å². The summed E-state index contributed by atoms with van der Waals surface area (Å²) in [5.41, 5.74) is 1.99. The maximum atomic E-state index is 12.9. The van der Waals surface area contributed by atoms with Gasteiger partial charge in [-0.05, 0) is 50.5 Å². The number of piperidine rings is 1. The molecule has 2 heterocycles.